The monoisotopic (exact) mass is 190 g/mol. The Hall–Kier alpha value is -2.10. The van der Waals surface area contributed by atoms with Crippen LogP contribution in [0.25, 0.3) is 10.9 Å². The van der Waals surface area contributed by atoms with E-state index in [-0.39, 0.29) is 0 Å². The van der Waals surface area contributed by atoms with Gasteiger partial charge in [0.25, 0.3) is 0 Å². The molecule has 0 saturated carbocycles. The van der Waals surface area contributed by atoms with Crippen LogP contribution in [0.15, 0.2) is 43.1 Å². The number of carboxylic acids is 1. The molecule has 0 fully saturated rings. The largest absolute Gasteiger partial charge is 0.478 e. The summed E-state index contributed by atoms with van der Waals surface area (Å²) in [6, 6.07) is 8.01. The first-order valence-electron chi connectivity index (χ1n) is 3.97. The maximum atomic E-state index is 9.25. The predicted octanol–water partition coefficient (Wildman–Crippen LogP) is 1.82. The molecule has 0 aliphatic carbocycles. The van der Waals surface area contributed by atoms with Crippen molar-refractivity contribution in [1.29, 1.82) is 0 Å². The second-order valence-corrected chi connectivity index (χ2v) is 2.50. The van der Waals surface area contributed by atoms with Gasteiger partial charge < -0.3 is 5.11 Å². The van der Waals surface area contributed by atoms with Crippen molar-refractivity contribution in [3.63, 3.8) is 0 Å². The van der Waals surface area contributed by atoms with Gasteiger partial charge in [-0.2, -0.15) is 5.10 Å². The van der Waals surface area contributed by atoms with Gasteiger partial charge in [-0.15, -0.1) is 0 Å². The number of carbonyl (C=O) groups is 1. The molecule has 2 aromatic rings. The number of hydrogen-bond donors (Lipinski definition) is 2. The number of nitrogens with one attached hydrogen (secondary N) is 1. The van der Waals surface area contributed by atoms with Gasteiger partial charge in [0.1, 0.15) is 0 Å². The van der Waals surface area contributed by atoms with Gasteiger partial charge in [0.05, 0.1) is 11.7 Å². The molecular weight excluding hydrogens is 180 g/mol. The summed E-state index contributed by atoms with van der Waals surface area (Å²) in [5.74, 6) is -0.981. The van der Waals surface area contributed by atoms with Crippen LogP contribution in [0.2, 0.25) is 0 Å². The smallest absolute Gasteiger partial charge is 0.327 e. The fraction of sp³-hybridized carbons (Fsp3) is 0. The Kier molecular flexibility index (Phi) is 3.43. The van der Waals surface area contributed by atoms with Crippen molar-refractivity contribution in [3.8, 4) is 0 Å². The normalized spacial score (nSPS) is 8.86. The van der Waals surface area contributed by atoms with Crippen LogP contribution in [0.5, 0.6) is 0 Å². The highest BCUT2D eigenvalue weighted by atomic mass is 16.4. The standard InChI is InChI=1S/C7H6N2.C3H4O2/c1-2-4-7-6(3-1)5-8-9-7;1-2-3(4)5/h1-5H,(H,8,9);2H,1H2,(H,4,5). The topological polar surface area (TPSA) is 66.0 Å². The fourth-order valence-electron chi connectivity index (χ4n) is 0.883. The van der Waals surface area contributed by atoms with Crippen molar-refractivity contribution in [1.82, 2.24) is 10.2 Å². The average molecular weight is 190 g/mol. The molecule has 0 amide bonds. The van der Waals surface area contributed by atoms with Gasteiger partial charge in [-0.25, -0.2) is 4.79 Å². The lowest BCUT2D eigenvalue weighted by molar-refractivity contribution is -0.131. The summed E-state index contributed by atoms with van der Waals surface area (Å²) in [6.07, 6.45) is 2.65. The highest BCUT2D eigenvalue weighted by Crippen LogP contribution is 2.06. The van der Waals surface area contributed by atoms with Crippen LogP contribution in [-0.4, -0.2) is 21.3 Å². The van der Waals surface area contributed by atoms with E-state index >= 15 is 0 Å². The minimum absolute atomic E-state index is 0.833. The Morgan fingerprint density at radius 1 is 1.50 bits per heavy atom. The first kappa shape index (κ1) is 9.98. The Morgan fingerprint density at radius 2 is 2.14 bits per heavy atom. The van der Waals surface area contributed by atoms with Gasteiger partial charge in [0, 0.05) is 11.5 Å². The molecule has 1 heterocycles. The molecule has 0 radical (unpaired) electrons. The van der Waals surface area contributed by atoms with Gasteiger partial charge in [0.2, 0.25) is 0 Å². The van der Waals surface area contributed by atoms with Crippen LogP contribution >= 0.6 is 0 Å². The number of carboxylic acid groups (broad SMARTS) is 1. The van der Waals surface area contributed by atoms with E-state index in [0.717, 1.165) is 17.0 Å². The lowest BCUT2D eigenvalue weighted by Gasteiger charge is -1.81. The minimum atomic E-state index is -0.981. The lowest BCUT2D eigenvalue weighted by atomic mass is 10.3. The molecule has 2 rings (SSSR count). The quantitative estimate of drug-likeness (QED) is 0.674. The number of para-hydroxylation sites is 1. The SMILES string of the molecule is C=CC(=O)O.c1ccc2[nH]ncc2c1. The number of hydrogen-bond acceptors (Lipinski definition) is 2. The number of benzene rings is 1. The third-order valence-corrected chi connectivity index (χ3v) is 1.52. The van der Waals surface area contributed by atoms with Crippen LogP contribution < -0.4 is 0 Å². The zero-order valence-corrected chi connectivity index (χ0v) is 7.47. The number of aromatic amines is 1. The number of fused-ring (bicyclic) bond motifs is 1. The number of aliphatic carboxylic acids is 1. The molecule has 1 aromatic carbocycles. The van der Waals surface area contributed by atoms with E-state index in [1.54, 1.807) is 0 Å². The summed E-state index contributed by atoms with van der Waals surface area (Å²) < 4.78 is 0. The second kappa shape index (κ2) is 4.81. The molecule has 14 heavy (non-hydrogen) atoms. The van der Waals surface area contributed by atoms with E-state index < -0.39 is 5.97 Å². The Labute approximate surface area is 80.9 Å². The average Bonchev–Trinajstić information content (AvgIpc) is 2.66. The van der Waals surface area contributed by atoms with E-state index in [1.807, 2.05) is 30.5 Å². The molecule has 0 unspecified atom stereocenters. The lowest BCUT2D eigenvalue weighted by Crippen LogP contribution is -1.82. The Balaban J connectivity index is 0.000000171. The van der Waals surface area contributed by atoms with Crippen LogP contribution in [0, 0.1) is 0 Å². The van der Waals surface area contributed by atoms with E-state index in [4.69, 9.17) is 5.11 Å². The second-order valence-electron chi connectivity index (χ2n) is 2.50. The molecule has 0 atom stereocenters. The summed E-state index contributed by atoms with van der Waals surface area (Å²) in [5, 5.41) is 15.5. The molecule has 2 N–H and O–H groups in total. The van der Waals surface area contributed by atoms with E-state index in [1.165, 1.54) is 0 Å². The van der Waals surface area contributed by atoms with Crippen molar-refractivity contribution < 1.29 is 9.90 Å². The number of nitrogens with zero attached hydrogens (tertiary/aromatic N) is 1. The highest BCUT2D eigenvalue weighted by molar-refractivity contribution is 5.78. The maximum Gasteiger partial charge on any atom is 0.327 e. The van der Waals surface area contributed by atoms with Gasteiger partial charge in [0.15, 0.2) is 0 Å². The van der Waals surface area contributed by atoms with E-state index in [9.17, 15) is 4.79 Å². The molecule has 72 valence electrons. The van der Waals surface area contributed by atoms with Crippen LogP contribution in [-0.2, 0) is 4.79 Å². The van der Waals surface area contributed by atoms with Crippen molar-refractivity contribution in [2.24, 2.45) is 0 Å². The zero-order valence-electron chi connectivity index (χ0n) is 7.47. The third kappa shape index (κ3) is 2.75. The van der Waals surface area contributed by atoms with Crippen molar-refractivity contribution in [3.05, 3.63) is 43.1 Å². The Bertz CT molecular complexity index is 404. The Morgan fingerprint density at radius 3 is 2.71 bits per heavy atom. The van der Waals surface area contributed by atoms with Crippen LogP contribution in [0.4, 0.5) is 0 Å². The van der Waals surface area contributed by atoms with Crippen LogP contribution in [0.1, 0.15) is 0 Å². The van der Waals surface area contributed by atoms with Crippen molar-refractivity contribution in [2.45, 2.75) is 0 Å². The van der Waals surface area contributed by atoms with Crippen molar-refractivity contribution in [2.75, 3.05) is 0 Å². The maximum absolute atomic E-state index is 9.25. The van der Waals surface area contributed by atoms with Crippen molar-refractivity contribution >= 4 is 16.9 Å². The molecule has 0 aliphatic heterocycles. The van der Waals surface area contributed by atoms with Gasteiger partial charge in [-0.3, -0.25) is 5.10 Å². The van der Waals surface area contributed by atoms with Gasteiger partial charge in [-0.05, 0) is 6.07 Å². The van der Waals surface area contributed by atoms with Gasteiger partial charge in [-0.1, -0.05) is 24.8 Å². The molecule has 1 aromatic heterocycles. The summed E-state index contributed by atoms with van der Waals surface area (Å²) >= 11 is 0. The number of rotatable bonds is 1. The summed E-state index contributed by atoms with van der Waals surface area (Å²) in [7, 11) is 0. The summed E-state index contributed by atoms with van der Waals surface area (Å²) in [5.41, 5.74) is 1.09. The van der Waals surface area contributed by atoms with Crippen LogP contribution in [0.3, 0.4) is 0 Å². The summed E-state index contributed by atoms with van der Waals surface area (Å²) in [6.45, 7) is 2.96. The fourth-order valence-corrected chi connectivity index (χ4v) is 0.883. The first-order chi connectivity index (χ1) is 6.74. The molecule has 0 bridgehead atoms. The highest BCUT2D eigenvalue weighted by Gasteiger charge is 1.88. The van der Waals surface area contributed by atoms with Gasteiger partial charge >= 0.3 is 5.97 Å². The van der Waals surface area contributed by atoms with E-state index in [0.29, 0.717) is 0 Å². The first-order valence-corrected chi connectivity index (χ1v) is 3.97. The third-order valence-electron chi connectivity index (χ3n) is 1.52. The summed E-state index contributed by atoms with van der Waals surface area (Å²) in [4.78, 5) is 9.25. The molecule has 0 saturated heterocycles. The number of H-pyrrole nitrogens is 1. The molecule has 0 aliphatic rings. The molecule has 4 nitrogen and oxygen atoms in total. The van der Waals surface area contributed by atoms with E-state index in [2.05, 4.69) is 16.8 Å². The molecule has 0 spiro atoms. The molecule has 4 heteroatoms. The predicted molar refractivity (Wildman–Crippen MR) is 53.9 cm³/mol. The zero-order chi connectivity index (χ0) is 10.4. The minimum Gasteiger partial charge on any atom is -0.478 e. The number of aromatic nitrogens is 2. The molecular formula is C10H10N2O2.